The van der Waals surface area contributed by atoms with Gasteiger partial charge in [0.2, 0.25) is 0 Å². The van der Waals surface area contributed by atoms with E-state index in [2.05, 4.69) is 109 Å². The summed E-state index contributed by atoms with van der Waals surface area (Å²) >= 11 is 0. The van der Waals surface area contributed by atoms with Crippen molar-refractivity contribution in [3.63, 3.8) is 0 Å². The van der Waals surface area contributed by atoms with E-state index in [0.717, 1.165) is 93.9 Å². The molecule has 0 bridgehead atoms. The first-order chi connectivity index (χ1) is 27.7. The van der Waals surface area contributed by atoms with Crippen LogP contribution in [-0.4, -0.2) is 15.0 Å². The van der Waals surface area contributed by atoms with Crippen LogP contribution in [0.3, 0.4) is 0 Å². The number of aromatic nitrogens is 3. The van der Waals surface area contributed by atoms with Gasteiger partial charge in [-0.25, -0.2) is 15.0 Å². The molecule has 11 rings (SSSR count). The van der Waals surface area contributed by atoms with Crippen molar-refractivity contribution in [3.05, 3.63) is 188 Å². The lowest BCUT2D eigenvalue weighted by atomic mass is 9.91. The van der Waals surface area contributed by atoms with Crippen molar-refractivity contribution in [1.29, 1.82) is 0 Å². The molecule has 0 saturated carbocycles. The van der Waals surface area contributed by atoms with E-state index >= 15 is 0 Å². The van der Waals surface area contributed by atoms with E-state index in [1.807, 2.05) is 78.9 Å². The standard InChI is InChI=1S/C51H31N3O2/c1-3-13-33(14-4-1)49-52-50(34-15-5-2-6-16-34)54-51(53-49)35-27-25-32(26-28-35)36-29-30-39-42-22-11-21-41(48(42)56-46(39)31-36)38-18-8-7-17-37(38)40-20-12-24-45-47(40)43-19-9-10-23-44(43)55-45/h1-31H. The molecule has 0 amide bonds. The number of hydrogen-bond donors (Lipinski definition) is 0. The molecule has 262 valence electrons. The summed E-state index contributed by atoms with van der Waals surface area (Å²) in [5, 5.41) is 4.39. The van der Waals surface area contributed by atoms with Gasteiger partial charge in [0.05, 0.1) is 0 Å². The molecule has 11 aromatic rings. The summed E-state index contributed by atoms with van der Waals surface area (Å²) < 4.78 is 13.1. The van der Waals surface area contributed by atoms with Crippen molar-refractivity contribution in [2.24, 2.45) is 0 Å². The second-order valence-corrected chi connectivity index (χ2v) is 13.9. The minimum Gasteiger partial charge on any atom is -0.456 e. The van der Waals surface area contributed by atoms with Crippen LogP contribution in [0.25, 0.3) is 111 Å². The Morgan fingerprint density at radius 1 is 0.286 bits per heavy atom. The number of hydrogen-bond acceptors (Lipinski definition) is 5. The van der Waals surface area contributed by atoms with Gasteiger partial charge in [0.1, 0.15) is 22.3 Å². The molecule has 0 atom stereocenters. The van der Waals surface area contributed by atoms with Crippen LogP contribution < -0.4 is 0 Å². The monoisotopic (exact) mass is 717 g/mol. The second kappa shape index (κ2) is 13.0. The molecular formula is C51H31N3O2. The minimum absolute atomic E-state index is 0.627. The molecule has 0 fully saturated rings. The van der Waals surface area contributed by atoms with E-state index in [1.54, 1.807) is 0 Å². The van der Waals surface area contributed by atoms with Crippen LogP contribution in [0.1, 0.15) is 0 Å². The van der Waals surface area contributed by atoms with Crippen molar-refractivity contribution in [1.82, 2.24) is 15.0 Å². The summed E-state index contributed by atoms with van der Waals surface area (Å²) in [4.78, 5) is 14.7. The van der Waals surface area contributed by atoms with Gasteiger partial charge in [0.25, 0.3) is 0 Å². The topological polar surface area (TPSA) is 65.0 Å². The number of furan rings is 2. The predicted octanol–water partition coefficient (Wildman–Crippen LogP) is 13.7. The van der Waals surface area contributed by atoms with Gasteiger partial charge in [-0.3, -0.25) is 0 Å². The Hall–Kier alpha value is -7.63. The van der Waals surface area contributed by atoms with Gasteiger partial charge in [-0.15, -0.1) is 0 Å². The van der Waals surface area contributed by atoms with Crippen molar-refractivity contribution in [2.45, 2.75) is 0 Å². The highest BCUT2D eigenvalue weighted by molar-refractivity contribution is 6.15. The number of nitrogens with zero attached hydrogens (tertiary/aromatic N) is 3. The number of para-hydroxylation sites is 2. The summed E-state index contributed by atoms with van der Waals surface area (Å²) in [7, 11) is 0. The maximum atomic E-state index is 6.79. The van der Waals surface area contributed by atoms with E-state index in [1.165, 1.54) is 0 Å². The molecule has 3 heterocycles. The van der Waals surface area contributed by atoms with Gasteiger partial charge in [0.15, 0.2) is 17.5 Å². The first-order valence-electron chi connectivity index (χ1n) is 18.7. The molecule has 8 aromatic carbocycles. The average Bonchev–Trinajstić information content (AvgIpc) is 3.85. The van der Waals surface area contributed by atoms with Crippen LogP contribution in [0.4, 0.5) is 0 Å². The largest absolute Gasteiger partial charge is 0.456 e. The molecule has 5 nitrogen and oxygen atoms in total. The Kier molecular flexibility index (Phi) is 7.42. The first-order valence-corrected chi connectivity index (χ1v) is 18.7. The van der Waals surface area contributed by atoms with E-state index < -0.39 is 0 Å². The fourth-order valence-electron chi connectivity index (χ4n) is 7.89. The third-order valence-electron chi connectivity index (χ3n) is 10.6. The molecule has 3 aromatic heterocycles. The van der Waals surface area contributed by atoms with Gasteiger partial charge in [0, 0.05) is 43.8 Å². The number of benzene rings is 8. The molecule has 0 saturated heterocycles. The summed E-state index contributed by atoms with van der Waals surface area (Å²) in [6, 6.07) is 64.5. The summed E-state index contributed by atoms with van der Waals surface area (Å²) in [5.41, 5.74) is 12.8. The smallest absolute Gasteiger partial charge is 0.164 e. The Morgan fingerprint density at radius 2 is 0.786 bits per heavy atom. The summed E-state index contributed by atoms with van der Waals surface area (Å²) in [6.07, 6.45) is 0. The van der Waals surface area contributed by atoms with Crippen molar-refractivity contribution >= 4 is 43.9 Å². The van der Waals surface area contributed by atoms with Crippen molar-refractivity contribution < 1.29 is 8.83 Å². The summed E-state index contributed by atoms with van der Waals surface area (Å²) in [6.45, 7) is 0. The van der Waals surface area contributed by atoms with Crippen molar-refractivity contribution in [2.75, 3.05) is 0 Å². The van der Waals surface area contributed by atoms with Crippen LogP contribution in [0.5, 0.6) is 0 Å². The Labute approximate surface area is 322 Å². The average molecular weight is 718 g/mol. The number of rotatable bonds is 6. The van der Waals surface area contributed by atoms with E-state index in [-0.39, 0.29) is 0 Å². The van der Waals surface area contributed by atoms with Gasteiger partial charge >= 0.3 is 0 Å². The Morgan fingerprint density at radius 3 is 1.50 bits per heavy atom. The lowest BCUT2D eigenvalue weighted by Crippen LogP contribution is -2.00. The number of fused-ring (bicyclic) bond motifs is 6. The predicted molar refractivity (Wildman–Crippen MR) is 227 cm³/mol. The molecule has 0 aliphatic carbocycles. The quantitative estimate of drug-likeness (QED) is 0.171. The lowest BCUT2D eigenvalue weighted by Gasteiger charge is -2.12. The van der Waals surface area contributed by atoms with Crippen LogP contribution in [-0.2, 0) is 0 Å². The zero-order valence-corrected chi connectivity index (χ0v) is 30.1. The highest BCUT2D eigenvalue weighted by atomic mass is 16.3. The molecule has 0 unspecified atom stereocenters. The maximum absolute atomic E-state index is 6.79. The Bertz CT molecular complexity index is 3180. The molecule has 0 aliphatic heterocycles. The third kappa shape index (κ3) is 5.37. The zero-order chi connectivity index (χ0) is 37.0. The van der Waals surface area contributed by atoms with Gasteiger partial charge < -0.3 is 8.83 Å². The lowest BCUT2D eigenvalue weighted by molar-refractivity contribution is 0.669. The SMILES string of the molecule is c1ccc(-c2nc(-c3ccccc3)nc(-c3ccc(-c4ccc5c(c4)oc4c(-c6ccccc6-c6cccc7oc8ccccc8c67)cccc45)cc3)n2)cc1. The molecule has 5 heteroatoms. The van der Waals surface area contributed by atoms with Crippen LogP contribution in [0, 0.1) is 0 Å². The van der Waals surface area contributed by atoms with Gasteiger partial charge in [-0.05, 0) is 52.1 Å². The maximum Gasteiger partial charge on any atom is 0.164 e. The molecule has 56 heavy (non-hydrogen) atoms. The molecule has 0 spiro atoms. The first kappa shape index (κ1) is 31.9. The summed E-state index contributed by atoms with van der Waals surface area (Å²) in [5.74, 6) is 1.91. The molecule has 0 radical (unpaired) electrons. The van der Waals surface area contributed by atoms with Gasteiger partial charge in [-0.2, -0.15) is 0 Å². The highest BCUT2D eigenvalue weighted by Crippen LogP contribution is 2.44. The van der Waals surface area contributed by atoms with Crippen LogP contribution in [0.15, 0.2) is 197 Å². The van der Waals surface area contributed by atoms with Crippen LogP contribution in [0.2, 0.25) is 0 Å². The second-order valence-electron chi connectivity index (χ2n) is 13.9. The fraction of sp³-hybridized carbons (Fsp3) is 0. The van der Waals surface area contributed by atoms with Crippen LogP contribution >= 0.6 is 0 Å². The molecule has 0 N–H and O–H groups in total. The minimum atomic E-state index is 0.627. The van der Waals surface area contributed by atoms with E-state index in [9.17, 15) is 0 Å². The highest BCUT2D eigenvalue weighted by Gasteiger charge is 2.19. The third-order valence-corrected chi connectivity index (χ3v) is 10.6. The Balaban J connectivity index is 0.978. The van der Waals surface area contributed by atoms with E-state index in [4.69, 9.17) is 23.8 Å². The van der Waals surface area contributed by atoms with Crippen molar-refractivity contribution in [3.8, 4) is 67.5 Å². The normalized spacial score (nSPS) is 11.6. The van der Waals surface area contributed by atoms with Gasteiger partial charge in [-0.1, -0.05) is 164 Å². The fourth-order valence-corrected chi connectivity index (χ4v) is 7.89. The molecular weight excluding hydrogens is 687 g/mol. The zero-order valence-electron chi connectivity index (χ0n) is 30.1. The van der Waals surface area contributed by atoms with E-state index in [0.29, 0.717) is 17.5 Å². The molecule has 0 aliphatic rings.